The highest BCUT2D eigenvalue weighted by Gasteiger charge is 2.35. The number of carbonyl (C=O) groups is 2. The predicted molar refractivity (Wildman–Crippen MR) is 98.9 cm³/mol. The Morgan fingerprint density at radius 3 is 2.11 bits per heavy atom. The Bertz CT molecular complexity index is 818. The van der Waals surface area contributed by atoms with Gasteiger partial charge >= 0.3 is 6.18 Å². The van der Waals surface area contributed by atoms with Gasteiger partial charge in [-0.3, -0.25) is 9.59 Å². The molecule has 27 heavy (non-hydrogen) atoms. The molecule has 0 fully saturated rings. The monoisotopic (exact) mass is 379 g/mol. The Hall–Kier alpha value is -3.03. The van der Waals surface area contributed by atoms with E-state index in [1.807, 2.05) is 19.0 Å². The number of nitrogens with one attached hydrogen (secondary N) is 1. The minimum atomic E-state index is -4.64. The zero-order chi connectivity index (χ0) is 20.2. The maximum absolute atomic E-state index is 13.2. The second kappa shape index (κ2) is 8.11. The van der Waals surface area contributed by atoms with E-state index in [-0.39, 0.29) is 5.69 Å². The van der Waals surface area contributed by atoms with Gasteiger partial charge in [0, 0.05) is 32.4 Å². The number of anilines is 3. The molecule has 0 saturated heterocycles. The molecule has 0 aliphatic heterocycles. The molecule has 0 saturated carbocycles. The second-order valence-electron chi connectivity index (χ2n) is 6.11. The Morgan fingerprint density at radius 2 is 1.59 bits per heavy atom. The van der Waals surface area contributed by atoms with Gasteiger partial charge in [-0.15, -0.1) is 0 Å². The van der Waals surface area contributed by atoms with E-state index in [9.17, 15) is 22.8 Å². The van der Waals surface area contributed by atoms with Gasteiger partial charge in [0.25, 0.3) is 0 Å². The first-order chi connectivity index (χ1) is 12.6. The lowest BCUT2D eigenvalue weighted by Gasteiger charge is -2.24. The average molecular weight is 379 g/mol. The van der Waals surface area contributed by atoms with E-state index < -0.39 is 30.1 Å². The van der Waals surface area contributed by atoms with Crippen molar-refractivity contribution < 1.29 is 22.8 Å². The van der Waals surface area contributed by atoms with Crippen molar-refractivity contribution in [3.63, 3.8) is 0 Å². The molecule has 5 nitrogen and oxygen atoms in total. The zero-order valence-electron chi connectivity index (χ0n) is 15.2. The van der Waals surface area contributed by atoms with E-state index in [0.717, 1.165) is 23.6 Å². The fraction of sp³-hybridized carbons (Fsp3) is 0.263. The molecule has 0 aromatic heterocycles. The fourth-order valence-corrected chi connectivity index (χ4v) is 2.50. The summed E-state index contributed by atoms with van der Waals surface area (Å²) in [6.07, 6.45) is -4.64. The van der Waals surface area contributed by atoms with Gasteiger partial charge in [-0.05, 0) is 36.4 Å². The van der Waals surface area contributed by atoms with Crippen LogP contribution in [0.5, 0.6) is 0 Å². The predicted octanol–water partition coefficient (Wildman–Crippen LogP) is 3.76. The van der Waals surface area contributed by atoms with Gasteiger partial charge in [-0.25, -0.2) is 0 Å². The summed E-state index contributed by atoms with van der Waals surface area (Å²) in [6.45, 7) is 0.587. The Labute approximate surface area is 155 Å². The van der Waals surface area contributed by atoms with Crippen LogP contribution in [0.2, 0.25) is 0 Å². The van der Waals surface area contributed by atoms with Crippen LogP contribution in [0, 0.1) is 0 Å². The number of carbonyl (C=O) groups excluding carboxylic acids is 2. The lowest BCUT2D eigenvalue weighted by atomic mass is 10.1. The van der Waals surface area contributed by atoms with Crippen molar-refractivity contribution in [3.8, 4) is 0 Å². The first kappa shape index (κ1) is 20.3. The smallest absolute Gasteiger partial charge is 0.378 e. The number of halogens is 3. The van der Waals surface area contributed by atoms with Crippen LogP contribution < -0.4 is 15.1 Å². The number of amides is 2. The molecular weight excluding hydrogens is 359 g/mol. The van der Waals surface area contributed by atoms with Gasteiger partial charge in [0.15, 0.2) is 0 Å². The average Bonchev–Trinajstić information content (AvgIpc) is 2.59. The summed E-state index contributed by atoms with van der Waals surface area (Å²) in [5.41, 5.74) is 0.0922. The summed E-state index contributed by atoms with van der Waals surface area (Å²) < 4.78 is 39.7. The largest absolute Gasteiger partial charge is 0.418 e. The van der Waals surface area contributed by atoms with Crippen LogP contribution in [0.25, 0.3) is 0 Å². The normalized spacial score (nSPS) is 11.0. The minimum absolute atomic E-state index is 0.351. The number of benzene rings is 2. The molecule has 0 atom stereocenters. The number of nitrogens with zero attached hydrogens (tertiary/aromatic N) is 2. The highest BCUT2D eigenvalue weighted by atomic mass is 19.4. The summed E-state index contributed by atoms with van der Waals surface area (Å²) >= 11 is 0. The van der Waals surface area contributed by atoms with Crippen molar-refractivity contribution in [2.24, 2.45) is 0 Å². The summed E-state index contributed by atoms with van der Waals surface area (Å²) in [6, 6.07) is 11.6. The second-order valence-corrected chi connectivity index (χ2v) is 6.11. The summed E-state index contributed by atoms with van der Waals surface area (Å²) in [5, 5.41) is 2.59. The third-order valence-electron chi connectivity index (χ3n) is 3.85. The molecule has 0 heterocycles. The molecule has 144 valence electrons. The Balaban J connectivity index is 2.20. The van der Waals surface area contributed by atoms with E-state index in [2.05, 4.69) is 5.32 Å². The maximum atomic E-state index is 13.2. The van der Waals surface area contributed by atoms with Crippen LogP contribution in [-0.2, 0) is 15.8 Å². The molecule has 0 aliphatic rings. The lowest BCUT2D eigenvalue weighted by Crippen LogP contribution is -2.37. The Kier molecular flexibility index (Phi) is 6.09. The first-order valence-corrected chi connectivity index (χ1v) is 8.11. The molecule has 0 aliphatic carbocycles. The summed E-state index contributed by atoms with van der Waals surface area (Å²) in [7, 11) is 3.74. The van der Waals surface area contributed by atoms with E-state index in [0.29, 0.717) is 5.69 Å². The van der Waals surface area contributed by atoms with E-state index >= 15 is 0 Å². The molecule has 0 bridgehead atoms. The number of alkyl halides is 3. The van der Waals surface area contributed by atoms with Gasteiger partial charge < -0.3 is 15.1 Å². The minimum Gasteiger partial charge on any atom is -0.378 e. The zero-order valence-corrected chi connectivity index (χ0v) is 15.2. The van der Waals surface area contributed by atoms with E-state index in [1.165, 1.54) is 18.2 Å². The number of hydrogen-bond donors (Lipinski definition) is 1. The van der Waals surface area contributed by atoms with Crippen LogP contribution in [0.1, 0.15) is 12.5 Å². The molecule has 2 rings (SSSR count). The van der Waals surface area contributed by atoms with Crippen molar-refractivity contribution in [3.05, 3.63) is 54.1 Å². The van der Waals surface area contributed by atoms with Crippen LogP contribution in [0.4, 0.5) is 30.2 Å². The van der Waals surface area contributed by atoms with Crippen LogP contribution >= 0.6 is 0 Å². The van der Waals surface area contributed by atoms with Gasteiger partial charge in [0.1, 0.15) is 6.54 Å². The summed E-state index contributed by atoms with van der Waals surface area (Å²) in [5.74, 6) is -1.26. The standard InChI is InChI=1S/C19H20F3N3O2/c1-13(26)25(17-7-5-4-6-16(17)19(20,21)22)12-18(27)23-14-8-10-15(11-9-14)24(2)3/h4-11H,12H2,1-3H3,(H,23,27). The lowest BCUT2D eigenvalue weighted by molar-refractivity contribution is -0.137. The van der Waals surface area contributed by atoms with Gasteiger partial charge in [-0.2, -0.15) is 13.2 Å². The number of para-hydroxylation sites is 1. The summed E-state index contributed by atoms with van der Waals surface area (Å²) in [4.78, 5) is 26.9. The number of rotatable bonds is 5. The quantitative estimate of drug-likeness (QED) is 0.861. The maximum Gasteiger partial charge on any atom is 0.418 e. The molecule has 0 radical (unpaired) electrons. The van der Waals surface area contributed by atoms with Gasteiger partial charge in [0.2, 0.25) is 11.8 Å². The van der Waals surface area contributed by atoms with Crippen LogP contribution in [0.15, 0.2) is 48.5 Å². The third kappa shape index (κ3) is 5.22. The van der Waals surface area contributed by atoms with Crippen LogP contribution in [-0.4, -0.2) is 32.5 Å². The number of hydrogen-bond acceptors (Lipinski definition) is 3. The van der Waals surface area contributed by atoms with E-state index in [1.54, 1.807) is 24.3 Å². The van der Waals surface area contributed by atoms with E-state index in [4.69, 9.17) is 0 Å². The molecule has 8 heteroatoms. The Morgan fingerprint density at radius 1 is 1.00 bits per heavy atom. The molecule has 2 amide bonds. The molecule has 1 N–H and O–H groups in total. The van der Waals surface area contributed by atoms with Gasteiger partial charge in [-0.1, -0.05) is 12.1 Å². The molecule has 2 aromatic carbocycles. The SMILES string of the molecule is CC(=O)N(CC(=O)Nc1ccc(N(C)C)cc1)c1ccccc1C(F)(F)F. The third-order valence-corrected chi connectivity index (χ3v) is 3.85. The first-order valence-electron chi connectivity index (χ1n) is 8.11. The highest BCUT2D eigenvalue weighted by Crippen LogP contribution is 2.36. The van der Waals surface area contributed by atoms with Crippen molar-refractivity contribution in [2.45, 2.75) is 13.1 Å². The fourth-order valence-electron chi connectivity index (χ4n) is 2.50. The van der Waals surface area contributed by atoms with Crippen LogP contribution in [0.3, 0.4) is 0 Å². The highest BCUT2D eigenvalue weighted by molar-refractivity contribution is 6.02. The van der Waals surface area contributed by atoms with Gasteiger partial charge in [0.05, 0.1) is 11.3 Å². The topological polar surface area (TPSA) is 52.7 Å². The molecular formula is C19H20F3N3O2. The molecule has 0 spiro atoms. The van der Waals surface area contributed by atoms with Crippen molar-refractivity contribution in [1.82, 2.24) is 0 Å². The molecule has 0 unspecified atom stereocenters. The van der Waals surface area contributed by atoms with Crippen molar-refractivity contribution >= 4 is 28.9 Å². The van der Waals surface area contributed by atoms with Crippen molar-refractivity contribution in [2.75, 3.05) is 35.8 Å². The molecule has 2 aromatic rings. The van der Waals surface area contributed by atoms with Crippen molar-refractivity contribution in [1.29, 1.82) is 0 Å².